The van der Waals surface area contributed by atoms with E-state index in [0.29, 0.717) is 34.5 Å². The van der Waals surface area contributed by atoms with Crippen molar-refractivity contribution in [3.05, 3.63) is 45.8 Å². The van der Waals surface area contributed by atoms with Gasteiger partial charge in [-0.3, -0.25) is 9.59 Å². The third-order valence-corrected chi connectivity index (χ3v) is 8.78. The van der Waals surface area contributed by atoms with Gasteiger partial charge in [-0.05, 0) is 43.0 Å². The van der Waals surface area contributed by atoms with E-state index in [4.69, 9.17) is 21.3 Å². The monoisotopic (exact) mass is 565 g/mol. The van der Waals surface area contributed by atoms with Crippen molar-refractivity contribution in [3.63, 3.8) is 0 Å². The molecule has 0 atom stereocenters. The number of aryl methyl sites for hydroxylation is 1. The van der Waals surface area contributed by atoms with Gasteiger partial charge >= 0.3 is 0 Å². The maximum Gasteiger partial charge on any atom is 0.293 e. The molecule has 5 heterocycles. The van der Waals surface area contributed by atoms with Gasteiger partial charge in [0.1, 0.15) is 11.6 Å². The zero-order valence-electron chi connectivity index (χ0n) is 23.1. The van der Waals surface area contributed by atoms with Crippen molar-refractivity contribution in [1.29, 1.82) is 0 Å². The Hall–Kier alpha value is -3.21. The van der Waals surface area contributed by atoms with Crippen LogP contribution in [0.3, 0.4) is 0 Å². The molecule has 212 valence electrons. The zero-order chi connectivity index (χ0) is 27.9. The second-order valence-corrected chi connectivity index (χ2v) is 11.9. The number of benzene rings is 1. The first-order valence-electron chi connectivity index (χ1n) is 14.1. The molecule has 0 amide bonds. The van der Waals surface area contributed by atoms with Gasteiger partial charge < -0.3 is 29.7 Å². The number of halogens is 1. The molecule has 1 aromatic carbocycles. The first-order valence-corrected chi connectivity index (χ1v) is 14.5. The Morgan fingerprint density at radius 3 is 2.70 bits per heavy atom. The molecule has 0 unspecified atom stereocenters. The summed E-state index contributed by atoms with van der Waals surface area (Å²) < 4.78 is 7.06. The summed E-state index contributed by atoms with van der Waals surface area (Å²) in [5, 5.41) is 7.95. The van der Waals surface area contributed by atoms with Crippen molar-refractivity contribution in [2.24, 2.45) is 18.4 Å². The maximum absolute atomic E-state index is 12.7. The van der Waals surface area contributed by atoms with Gasteiger partial charge in [-0.15, -0.1) is 0 Å². The minimum absolute atomic E-state index is 0.0632. The highest BCUT2D eigenvalue weighted by Gasteiger charge is 2.47. The van der Waals surface area contributed by atoms with E-state index in [-0.39, 0.29) is 23.7 Å². The molecule has 1 spiro atoms. The topological polar surface area (TPSA) is 105 Å². The van der Waals surface area contributed by atoms with E-state index >= 15 is 0 Å². The van der Waals surface area contributed by atoms with Crippen molar-refractivity contribution >= 4 is 45.7 Å². The summed E-state index contributed by atoms with van der Waals surface area (Å²) in [5.41, 5.74) is 1.81. The highest BCUT2D eigenvalue weighted by Crippen LogP contribution is 2.36. The molecule has 6 rings (SSSR count). The summed E-state index contributed by atoms with van der Waals surface area (Å²) >= 11 is 6.49. The number of nitrogens with zero attached hydrogens (tertiary/aromatic N) is 5. The molecule has 0 saturated carbocycles. The van der Waals surface area contributed by atoms with Crippen LogP contribution in [0.1, 0.15) is 26.2 Å². The van der Waals surface area contributed by atoms with E-state index in [1.165, 1.54) is 37.3 Å². The number of fused-ring (bicyclic) bond motifs is 1. The van der Waals surface area contributed by atoms with Crippen LogP contribution in [0, 0.1) is 11.3 Å². The van der Waals surface area contributed by atoms with Crippen molar-refractivity contribution in [3.8, 4) is 5.75 Å². The Bertz CT molecular complexity index is 1470. The van der Waals surface area contributed by atoms with Crippen LogP contribution in [-0.4, -0.2) is 77.6 Å². The van der Waals surface area contributed by atoms with Crippen LogP contribution >= 0.6 is 11.6 Å². The van der Waals surface area contributed by atoms with E-state index < -0.39 is 0 Å². The van der Waals surface area contributed by atoms with Gasteiger partial charge in [0.2, 0.25) is 5.95 Å². The third-order valence-electron chi connectivity index (χ3n) is 8.50. The summed E-state index contributed by atoms with van der Waals surface area (Å²) in [6.07, 6.45) is 4.27. The minimum Gasteiger partial charge on any atom is -0.480 e. The lowest BCUT2D eigenvalue weighted by atomic mass is 9.74. The smallest absolute Gasteiger partial charge is 0.293 e. The van der Waals surface area contributed by atoms with Crippen LogP contribution < -0.4 is 25.8 Å². The number of ketones is 1. The number of pyridine rings is 1. The number of rotatable bonds is 9. The second kappa shape index (κ2) is 11.0. The molecule has 10 nitrogen and oxygen atoms in total. The SMILES string of the molecule is CCC(=O)COc1cc2cc(Nc3nc(N4CCC(CN5CC6(CNC6)C5)CC4)ncc3Cl)ccc2n(C)c1=O. The number of hydrogen-bond donors (Lipinski definition) is 2. The number of carbonyl (C=O) groups is 1. The van der Waals surface area contributed by atoms with Gasteiger partial charge in [0.15, 0.2) is 17.4 Å². The molecule has 0 radical (unpaired) electrons. The van der Waals surface area contributed by atoms with Crippen LogP contribution in [0.15, 0.2) is 35.3 Å². The molecular weight excluding hydrogens is 530 g/mol. The van der Waals surface area contributed by atoms with E-state index in [1.807, 2.05) is 18.2 Å². The Morgan fingerprint density at radius 2 is 2.00 bits per heavy atom. The van der Waals surface area contributed by atoms with Crippen molar-refractivity contribution < 1.29 is 9.53 Å². The average molecular weight is 566 g/mol. The van der Waals surface area contributed by atoms with E-state index in [0.717, 1.165) is 42.5 Å². The van der Waals surface area contributed by atoms with Crippen molar-refractivity contribution in [1.82, 2.24) is 24.8 Å². The second-order valence-electron chi connectivity index (χ2n) is 11.5. The molecule has 3 aromatic rings. The van der Waals surface area contributed by atoms with E-state index in [1.54, 1.807) is 26.2 Å². The summed E-state index contributed by atoms with van der Waals surface area (Å²) in [7, 11) is 1.69. The number of Topliss-reactive ketones (excluding diaryl/α,β-unsaturated/α-hetero) is 1. The predicted molar refractivity (Wildman–Crippen MR) is 157 cm³/mol. The number of ether oxygens (including phenoxy) is 1. The summed E-state index contributed by atoms with van der Waals surface area (Å²) in [4.78, 5) is 38.5. The third kappa shape index (κ3) is 5.40. The number of likely N-dealkylation sites (tertiary alicyclic amines) is 1. The Kier molecular flexibility index (Phi) is 7.41. The number of nitrogens with one attached hydrogen (secondary N) is 2. The van der Waals surface area contributed by atoms with E-state index in [2.05, 4.69) is 25.4 Å². The molecule has 3 fully saturated rings. The van der Waals surface area contributed by atoms with Gasteiger partial charge in [-0.25, -0.2) is 4.98 Å². The molecule has 11 heteroatoms. The lowest BCUT2D eigenvalue weighted by Crippen LogP contribution is -2.71. The first kappa shape index (κ1) is 27.0. The summed E-state index contributed by atoms with van der Waals surface area (Å²) in [6.45, 7) is 9.55. The first-order chi connectivity index (χ1) is 19.3. The molecule has 2 aromatic heterocycles. The number of carbonyl (C=O) groups excluding carboxylic acids is 1. The van der Waals surface area contributed by atoms with E-state index in [9.17, 15) is 9.59 Å². The Morgan fingerprint density at radius 1 is 1.23 bits per heavy atom. The Labute approximate surface area is 238 Å². The molecule has 3 aliphatic rings. The van der Waals surface area contributed by atoms with Gasteiger partial charge in [0.25, 0.3) is 5.56 Å². The highest BCUT2D eigenvalue weighted by molar-refractivity contribution is 6.32. The molecule has 3 aliphatic heterocycles. The lowest BCUT2D eigenvalue weighted by molar-refractivity contribution is -0.120. The van der Waals surface area contributed by atoms with Crippen LogP contribution in [-0.2, 0) is 11.8 Å². The molecule has 0 aliphatic carbocycles. The van der Waals surface area contributed by atoms with Crippen LogP contribution in [0.2, 0.25) is 5.02 Å². The average Bonchev–Trinajstić information content (AvgIpc) is 2.92. The fourth-order valence-electron chi connectivity index (χ4n) is 6.04. The molecule has 0 bridgehead atoms. The van der Waals surface area contributed by atoms with Crippen LogP contribution in [0.5, 0.6) is 5.75 Å². The molecule has 2 N–H and O–H groups in total. The van der Waals surface area contributed by atoms with Gasteiger partial charge in [-0.1, -0.05) is 18.5 Å². The van der Waals surface area contributed by atoms with Crippen molar-refractivity contribution in [2.75, 3.05) is 62.6 Å². The minimum atomic E-state index is -0.283. The zero-order valence-corrected chi connectivity index (χ0v) is 23.8. The van der Waals surface area contributed by atoms with Gasteiger partial charge in [-0.2, -0.15) is 4.98 Å². The lowest BCUT2D eigenvalue weighted by Gasteiger charge is -2.57. The highest BCUT2D eigenvalue weighted by atomic mass is 35.5. The van der Waals surface area contributed by atoms with Gasteiger partial charge in [0, 0.05) is 75.8 Å². The predicted octanol–water partition coefficient (Wildman–Crippen LogP) is 3.21. The molecular formula is C29H36ClN7O3. The summed E-state index contributed by atoms with van der Waals surface area (Å²) in [6, 6.07) is 7.33. The fraction of sp³-hybridized carbons (Fsp3) is 0.517. The van der Waals surface area contributed by atoms with Crippen LogP contribution in [0.4, 0.5) is 17.5 Å². The standard InChI is InChI=1S/C29H36ClN7O3/c1-3-22(38)14-40-25-11-20-10-21(4-5-24(20)35(2)27(25)39)33-26-23(30)12-32-28(34-26)37-8-6-19(7-9-37)13-36-17-29(18-36)15-31-16-29/h4-5,10-12,19,31H,3,6-9,13-18H2,1-2H3,(H,32,33,34). The largest absolute Gasteiger partial charge is 0.480 e. The molecule has 3 saturated heterocycles. The quantitative estimate of drug-likeness (QED) is 0.405. The normalized spacial score (nSPS) is 18.9. The van der Waals surface area contributed by atoms with Gasteiger partial charge in [0.05, 0.1) is 11.7 Å². The number of hydrogen-bond acceptors (Lipinski definition) is 9. The Balaban J connectivity index is 1.12. The fourth-order valence-corrected chi connectivity index (χ4v) is 6.18. The number of aromatic nitrogens is 3. The maximum atomic E-state index is 12.7. The summed E-state index contributed by atoms with van der Waals surface area (Å²) in [5.74, 6) is 2.01. The molecule has 40 heavy (non-hydrogen) atoms. The van der Waals surface area contributed by atoms with Crippen molar-refractivity contribution in [2.45, 2.75) is 26.2 Å². The number of anilines is 3. The number of piperidine rings is 1. The van der Waals surface area contributed by atoms with Crippen LogP contribution in [0.25, 0.3) is 10.9 Å².